The lowest BCUT2D eigenvalue weighted by molar-refractivity contribution is 0.733. The van der Waals surface area contributed by atoms with Crippen LogP contribution >= 0.6 is 0 Å². The van der Waals surface area contributed by atoms with Gasteiger partial charge >= 0.3 is 0 Å². The van der Waals surface area contributed by atoms with Crippen molar-refractivity contribution in [3.8, 4) is 5.69 Å². The highest BCUT2D eigenvalue weighted by Gasteiger charge is 2.06. The van der Waals surface area contributed by atoms with Crippen LogP contribution in [0.2, 0.25) is 0 Å². The Hall–Kier alpha value is -1.64. The molecule has 0 fully saturated rings. The highest BCUT2D eigenvalue weighted by Crippen LogP contribution is 2.18. The molecule has 1 unspecified atom stereocenters. The zero-order valence-corrected chi connectivity index (χ0v) is 9.09. The minimum Gasteiger partial charge on any atom is -0.262 e. The van der Waals surface area contributed by atoms with E-state index < -0.39 is 0 Å². The second kappa shape index (κ2) is 4.26. The van der Waals surface area contributed by atoms with E-state index in [-0.39, 0.29) is 0 Å². The molecule has 2 rings (SSSR count). The summed E-state index contributed by atoms with van der Waals surface area (Å²) in [6, 6.07) is 3.92. The molecule has 0 aromatic carbocycles. The van der Waals surface area contributed by atoms with E-state index in [2.05, 4.69) is 30.1 Å². The first kappa shape index (κ1) is 9.90. The average Bonchev–Trinajstić information content (AvgIpc) is 2.78. The van der Waals surface area contributed by atoms with Crippen LogP contribution in [-0.2, 0) is 0 Å². The molecule has 0 saturated carbocycles. The van der Waals surface area contributed by atoms with E-state index in [4.69, 9.17) is 0 Å². The van der Waals surface area contributed by atoms with Gasteiger partial charge in [-0.1, -0.05) is 13.8 Å². The third kappa shape index (κ3) is 2.06. The van der Waals surface area contributed by atoms with Gasteiger partial charge in [0.1, 0.15) is 0 Å². The van der Waals surface area contributed by atoms with Gasteiger partial charge in [-0.25, -0.2) is 4.68 Å². The maximum absolute atomic E-state index is 4.33. The van der Waals surface area contributed by atoms with E-state index in [0.717, 1.165) is 12.1 Å². The van der Waals surface area contributed by atoms with Crippen molar-refractivity contribution in [2.24, 2.45) is 0 Å². The van der Waals surface area contributed by atoms with Gasteiger partial charge in [0.25, 0.3) is 0 Å². The molecule has 0 N–H and O–H groups in total. The van der Waals surface area contributed by atoms with E-state index in [9.17, 15) is 0 Å². The minimum absolute atomic E-state index is 0.565. The third-order valence-electron chi connectivity index (χ3n) is 2.69. The fourth-order valence-corrected chi connectivity index (χ4v) is 1.46. The predicted molar refractivity (Wildman–Crippen MR) is 60.1 cm³/mol. The number of pyridine rings is 1. The van der Waals surface area contributed by atoms with E-state index in [1.165, 1.54) is 5.56 Å². The molecular formula is C12H15N3. The molecule has 1 atom stereocenters. The monoisotopic (exact) mass is 201 g/mol. The summed E-state index contributed by atoms with van der Waals surface area (Å²) >= 11 is 0. The Morgan fingerprint density at radius 3 is 2.93 bits per heavy atom. The summed E-state index contributed by atoms with van der Waals surface area (Å²) in [5.74, 6) is 0.565. The minimum atomic E-state index is 0.565. The van der Waals surface area contributed by atoms with Crippen molar-refractivity contribution in [2.75, 3.05) is 0 Å². The SMILES string of the molecule is CCC(C)c1cnn(-c2cccnc2)c1. The topological polar surface area (TPSA) is 30.7 Å². The van der Waals surface area contributed by atoms with Crippen LogP contribution in [0.25, 0.3) is 5.69 Å². The Balaban J connectivity index is 2.28. The first-order valence-electron chi connectivity index (χ1n) is 5.26. The summed E-state index contributed by atoms with van der Waals surface area (Å²) in [5.41, 5.74) is 2.29. The lowest BCUT2D eigenvalue weighted by Gasteiger charge is -2.03. The molecule has 2 aromatic rings. The van der Waals surface area contributed by atoms with Crippen LogP contribution in [0, 0.1) is 0 Å². The largest absolute Gasteiger partial charge is 0.262 e. The Morgan fingerprint density at radius 1 is 1.40 bits per heavy atom. The van der Waals surface area contributed by atoms with Gasteiger partial charge in [0.05, 0.1) is 18.1 Å². The summed E-state index contributed by atoms with van der Waals surface area (Å²) < 4.78 is 1.87. The fraction of sp³-hybridized carbons (Fsp3) is 0.333. The smallest absolute Gasteiger partial charge is 0.0828 e. The lowest BCUT2D eigenvalue weighted by Crippen LogP contribution is -1.94. The second-order valence-corrected chi connectivity index (χ2v) is 3.74. The van der Waals surface area contributed by atoms with Crippen molar-refractivity contribution in [3.05, 3.63) is 42.5 Å². The number of nitrogens with zero attached hydrogens (tertiary/aromatic N) is 3. The molecule has 0 bridgehead atoms. The first-order chi connectivity index (χ1) is 7.31. The van der Waals surface area contributed by atoms with Gasteiger partial charge < -0.3 is 0 Å². The maximum atomic E-state index is 4.33. The molecule has 78 valence electrons. The molecule has 15 heavy (non-hydrogen) atoms. The van der Waals surface area contributed by atoms with Crippen molar-refractivity contribution < 1.29 is 0 Å². The van der Waals surface area contributed by atoms with Gasteiger partial charge in [-0.05, 0) is 30.0 Å². The van der Waals surface area contributed by atoms with Crippen LogP contribution in [0.5, 0.6) is 0 Å². The van der Waals surface area contributed by atoms with Crippen LogP contribution in [0.15, 0.2) is 36.9 Å². The van der Waals surface area contributed by atoms with E-state index in [1.807, 2.05) is 29.2 Å². The van der Waals surface area contributed by atoms with E-state index >= 15 is 0 Å². The summed E-state index contributed by atoms with van der Waals surface area (Å²) in [7, 11) is 0. The number of hydrogen-bond donors (Lipinski definition) is 0. The quantitative estimate of drug-likeness (QED) is 0.764. The molecular weight excluding hydrogens is 186 g/mol. The van der Waals surface area contributed by atoms with Gasteiger partial charge in [0.15, 0.2) is 0 Å². The highest BCUT2D eigenvalue weighted by atomic mass is 15.3. The molecule has 2 aromatic heterocycles. The van der Waals surface area contributed by atoms with Crippen LogP contribution < -0.4 is 0 Å². The third-order valence-corrected chi connectivity index (χ3v) is 2.69. The molecule has 0 aliphatic rings. The Bertz CT molecular complexity index is 419. The summed E-state index contributed by atoms with van der Waals surface area (Å²) in [6.07, 6.45) is 8.72. The van der Waals surface area contributed by atoms with Crippen LogP contribution in [0.4, 0.5) is 0 Å². The fourth-order valence-electron chi connectivity index (χ4n) is 1.46. The second-order valence-electron chi connectivity index (χ2n) is 3.74. The van der Waals surface area contributed by atoms with Gasteiger partial charge in [-0.2, -0.15) is 5.10 Å². The van der Waals surface area contributed by atoms with Crippen molar-refractivity contribution in [1.29, 1.82) is 0 Å². The van der Waals surface area contributed by atoms with Gasteiger partial charge in [-0.15, -0.1) is 0 Å². The number of aromatic nitrogens is 3. The van der Waals surface area contributed by atoms with Crippen molar-refractivity contribution in [3.63, 3.8) is 0 Å². The molecule has 0 radical (unpaired) electrons. The maximum Gasteiger partial charge on any atom is 0.0828 e. The Labute approximate surface area is 89.8 Å². The molecule has 0 amide bonds. The van der Waals surface area contributed by atoms with Gasteiger partial charge in [0.2, 0.25) is 0 Å². The normalized spacial score (nSPS) is 12.7. The average molecular weight is 201 g/mol. The van der Waals surface area contributed by atoms with Gasteiger partial charge in [0, 0.05) is 12.4 Å². The molecule has 0 aliphatic carbocycles. The van der Waals surface area contributed by atoms with Crippen molar-refractivity contribution >= 4 is 0 Å². The summed E-state index contributed by atoms with van der Waals surface area (Å²) in [6.45, 7) is 4.40. The van der Waals surface area contributed by atoms with Crippen molar-refractivity contribution in [2.45, 2.75) is 26.2 Å². The lowest BCUT2D eigenvalue weighted by atomic mass is 10.0. The zero-order chi connectivity index (χ0) is 10.7. The molecule has 3 heteroatoms. The summed E-state index contributed by atoms with van der Waals surface area (Å²) in [5, 5.41) is 4.33. The summed E-state index contributed by atoms with van der Waals surface area (Å²) in [4.78, 5) is 4.07. The van der Waals surface area contributed by atoms with Crippen molar-refractivity contribution in [1.82, 2.24) is 14.8 Å². The Morgan fingerprint density at radius 2 is 2.27 bits per heavy atom. The van der Waals surface area contributed by atoms with Gasteiger partial charge in [-0.3, -0.25) is 4.98 Å². The van der Waals surface area contributed by atoms with Crippen LogP contribution in [0.3, 0.4) is 0 Å². The Kier molecular flexibility index (Phi) is 2.81. The van der Waals surface area contributed by atoms with E-state index in [0.29, 0.717) is 5.92 Å². The molecule has 2 heterocycles. The predicted octanol–water partition coefficient (Wildman–Crippen LogP) is 2.78. The van der Waals surface area contributed by atoms with E-state index in [1.54, 1.807) is 6.20 Å². The number of rotatable bonds is 3. The molecule has 3 nitrogen and oxygen atoms in total. The van der Waals surface area contributed by atoms with Crippen LogP contribution in [0.1, 0.15) is 31.7 Å². The standard InChI is InChI=1S/C12H15N3/c1-3-10(2)11-7-14-15(9-11)12-5-4-6-13-8-12/h4-10H,3H2,1-2H3. The highest BCUT2D eigenvalue weighted by molar-refractivity contribution is 5.28. The molecule has 0 saturated heterocycles. The molecule has 0 spiro atoms. The zero-order valence-electron chi connectivity index (χ0n) is 9.09. The number of hydrogen-bond acceptors (Lipinski definition) is 2. The first-order valence-corrected chi connectivity index (χ1v) is 5.26. The van der Waals surface area contributed by atoms with Crippen LogP contribution in [-0.4, -0.2) is 14.8 Å². The molecule has 0 aliphatic heterocycles.